The van der Waals surface area contributed by atoms with E-state index in [1.807, 2.05) is 0 Å². The van der Waals surface area contributed by atoms with Gasteiger partial charge in [0.15, 0.2) is 5.75 Å². The fourth-order valence-electron chi connectivity index (χ4n) is 1.28. The minimum absolute atomic E-state index is 0.0129. The first-order valence-electron chi connectivity index (χ1n) is 5.28. The van der Waals surface area contributed by atoms with Gasteiger partial charge in [-0.3, -0.25) is 14.9 Å². The van der Waals surface area contributed by atoms with E-state index in [1.165, 1.54) is 7.11 Å². The van der Waals surface area contributed by atoms with E-state index in [4.69, 9.17) is 4.74 Å². The van der Waals surface area contributed by atoms with Crippen LogP contribution in [0.4, 0.5) is 10.1 Å². The lowest BCUT2D eigenvalue weighted by Crippen LogP contribution is -2.06. The fourth-order valence-corrected chi connectivity index (χ4v) is 1.61. The molecule has 0 aliphatic carbocycles. The molecule has 0 aromatic heterocycles. The second-order valence-corrected chi connectivity index (χ2v) is 4.37. The molecule has 0 amide bonds. The van der Waals surface area contributed by atoms with E-state index < -0.39 is 16.7 Å². The molecule has 0 bridgehead atoms. The van der Waals surface area contributed by atoms with E-state index in [1.54, 1.807) is 0 Å². The number of esters is 1. The molecule has 0 aliphatic heterocycles. The van der Waals surface area contributed by atoms with Gasteiger partial charge in [-0.05, 0) is 22.4 Å². The highest BCUT2D eigenvalue weighted by Gasteiger charge is 2.18. The monoisotopic (exact) mass is 335 g/mol. The molecule has 0 unspecified atom stereocenters. The standard InChI is InChI=1S/C11H11BrFNO5/c1-18-11(15)3-2-4-19-10-6-8(13)7(12)5-9(10)14(16)17/h5-6H,2-4H2,1H3. The van der Waals surface area contributed by atoms with Crippen LogP contribution in [0.25, 0.3) is 0 Å². The van der Waals surface area contributed by atoms with E-state index in [9.17, 15) is 19.3 Å². The van der Waals surface area contributed by atoms with Crippen molar-refractivity contribution in [2.75, 3.05) is 13.7 Å². The Morgan fingerprint density at radius 3 is 2.79 bits per heavy atom. The van der Waals surface area contributed by atoms with E-state index in [0.717, 1.165) is 12.1 Å². The van der Waals surface area contributed by atoms with Crippen molar-refractivity contribution in [2.45, 2.75) is 12.8 Å². The summed E-state index contributed by atoms with van der Waals surface area (Å²) in [6.07, 6.45) is 0.449. The van der Waals surface area contributed by atoms with Gasteiger partial charge in [0.1, 0.15) is 5.82 Å². The summed E-state index contributed by atoms with van der Waals surface area (Å²) in [5.41, 5.74) is -0.341. The van der Waals surface area contributed by atoms with E-state index in [2.05, 4.69) is 20.7 Å². The number of nitro benzene ring substituents is 1. The van der Waals surface area contributed by atoms with Crippen LogP contribution in [0, 0.1) is 15.9 Å². The number of ether oxygens (including phenoxy) is 2. The minimum atomic E-state index is -0.667. The second-order valence-electron chi connectivity index (χ2n) is 3.52. The predicted octanol–water partition coefficient (Wildman–Crippen LogP) is 2.83. The maximum absolute atomic E-state index is 13.3. The number of methoxy groups -OCH3 is 1. The van der Waals surface area contributed by atoms with E-state index in [0.29, 0.717) is 6.42 Å². The molecule has 6 nitrogen and oxygen atoms in total. The zero-order valence-electron chi connectivity index (χ0n) is 10.0. The van der Waals surface area contributed by atoms with Gasteiger partial charge in [-0.2, -0.15) is 0 Å². The van der Waals surface area contributed by atoms with Gasteiger partial charge in [-0.15, -0.1) is 0 Å². The summed E-state index contributed by atoms with van der Waals surface area (Å²) in [7, 11) is 1.26. The number of nitro groups is 1. The Labute approximate surface area is 116 Å². The highest BCUT2D eigenvalue weighted by Crippen LogP contribution is 2.32. The van der Waals surface area contributed by atoms with E-state index in [-0.39, 0.29) is 28.9 Å². The maximum atomic E-state index is 13.3. The molecule has 0 spiro atoms. The number of carbonyl (C=O) groups is 1. The molecule has 104 valence electrons. The quantitative estimate of drug-likeness (QED) is 0.345. The van der Waals surface area contributed by atoms with Gasteiger partial charge in [-0.25, -0.2) is 4.39 Å². The molecule has 19 heavy (non-hydrogen) atoms. The Morgan fingerprint density at radius 1 is 1.53 bits per heavy atom. The lowest BCUT2D eigenvalue weighted by Gasteiger charge is -2.07. The van der Waals surface area contributed by atoms with Gasteiger partial charge in [0, 0.05) is 18.6 Å². The summed E-state index contributed by atoms with van der Waals surface area (Å²) in [6, 6.07) is 1.96. The summed E-state index contributed by atoms with van der Waals surface area (Å²) < 4.78 is 22.8. The van der Waals surface area contributed by atoms with Crippen LogP contribution in [-0.2, 0) is 9.53 Å². The molecule has 0 atom stereocenters. The molecule has 1 aromatic rings. The number of hydrogen-bond donors (Lipinski definition) is 0. The fraction of sp³-hybridized carbons (Fsp3) is 0.364. The third-order valence-corrected chi connectivity index (χ3v) is 2.82. The van der Waals surface area contributed by atoms with Gasteiger partial charge in [0.05, 0.1) is 23.1 Å². The third-order valence-electron chi connectivity index (χ3n) is 2.21. The first kappa shape index (κ1) is 15.4. The van der Waals surface area contributed by atoms with Gasteiger partial charge < -0.3 is 9.47 Å². The second kappa shape index (κ2) is 7.03. The van der Waals surface area contributed by atoms with Crippen LogP contribution in [0.2, 0.25) is 0 Å². The zero-order chi connectivity index (χ0) is 14.4. The summed E-state index contributed by atoms with van der Waals surface area (Å²) in [5.74, 6) is -1.23. The Kier molecular flexibility index (Phi) is 5.68. The predicted molar refractivity (Wildman–Crippen MR) is 67.5 cm³/mol. The average molecular weight is 336 g/mol. The van der Waals surface area contributed by atoms with Crippen molar-refractivity contribution in [3.8, 4) is 5.75 Å². The number of nitrogens with zero attached hydrogens (tertiary/aromatic N) is 1. The molecule has 0 saturated carbocycles. The lowest BCUT2D eigenvalue weighted by molar-refractivity contribution is -0.386. The number of hydrogen-bond acceptors (Lipinski definition) is 5. The number of benzene rings is 1. The van der Waals surface area contributed by atoms with Crippen molar-refractivity contribution in [3.63, 3.8) is 0 Å². The Balaban J connectivity index is 2.69. The van der Waals surface area contributed by atoms with Crippen molar-refractivity contribution < 1.29 is 23.6 Å². The Hall–Kier alpha value is -1.70. The summed E-state index contributed by atoms with van der Waals surface area (Å²) in [4.78, 5) is 21.0. The highest BCUT2D eigenvalue weighted by atomic mass is 79.9. The molecule has 1 aromatic carbocycles. The number of rotatable bonds is 6. The molecule has 0 fully saturated rings. The van der Waals surface area contributed by atoms with Crippen LogP contribution in [0.1, 0.15) is 12.8 Å². The van der Waals surface area contributed by atoms with E-state index >= 15 is 0 Å². The first-order valence-corrected chi connectivity index (χ1v) is 6.08. The van der Waals surface area contributed by atoms with Crippen molar-refractivity contribution in [2.24, 2.45) is 0 Å². The van der Waals surface area contributed by atoms with Crippen LogP contribution in [-0.4, -0.2) is 24.6 Å². The lowest BCUT2D eigenvalue weighted by atomic mass is 10.3. The third kappa shape index (κ3) is 4.47. The molecule has 0 heterocycles. The molecule has 0 radical (unpaired) electrons. The van der Waals surface area contributed by atoms with Crippen LogP contribution < -0.4 is 4.74 Å². The van der Waals surface area contributed by atoms with Crippen LogP contribution in [0.5, 0.6) is 5.75 Å². The molecule has 0 saturated heterocycles. The highest BCUT2D eigenvalue weighted by molar-refractivity contribution is 9.10. The molecular formula is C11H11BrFNO5. The molecular weight excluding hydrogens is 325 g/mol. The van der Waals surface area contributed by atoms with Crippen molar-refractivity contribution in [3.05, 3.63) is 32.5 Å². The first-order chi connectivity index (χ1) is 8.95. The van der Waals surface area contributed by atoms with Gasteiger partial charge >= 0.3 is 11.7 Å². The van der Waals surface area contributed by atoms with Crippen LogP contribution >= 0.6 is 15.9 Å². The average Bonchev–Trinajstić information content (AvgIpc) is 2.37. The summed E-state index contributed by atoms with van der Waals surface area (Å²) in [5, 5.41) is 10.8. The van der Waals surface area contributed by atoms with Crippen molar-refractivity contribution in [1.82, 2.24) is 0 Å². The van der Waals surface area contributed by atoms with Crippen molar-refractivity contribution in [1.29, 1.82) is 0 Å². The number of halogens is 2. The van der Waals surface area contributed by atoms with Crippen LogP contribution in [0.15, 0.2) is 16.6 Å². The zero-order valence-corrected chi connectivity index (χ0v) is 11.6. The largest absolute Gasteiger partial charge is 0.487 e. The topological polar surface area (TPSA) is 78.7 Å². The van der Waals surface area contributed by atoms with Crippen molar-refractivity contribution >= 4 is 27.6 Å². The van der Waals surface area contributed by atoms with Crippen LogP contribution in [0.3, 0.4) is 0 Å². The number of carbonyl (C=O) groups excluding carboxylic acids is 1. The molecule has 0 N–H and O–H groups in total. The smallest absolute Gasteiger partial charge is 0.312 e. The molecule has 8 heteroatoms. The Bertz CT molecular complexity index is 494. The SMILES string of the molecule is COC(=O)CCCOc1cc(F)c(Br)cc1[N+](=O)[O-]. The minimum Gasteiger partial charge on any atom is -0.487 e. The van der Waals surface area contributed by atoms with Gasteiger partial charge in [0.25, 0.3) is 0 Å². The maximum Gasteiger partial charge on any atom is 0.312 e. The molecule has 0 aliphatic rings. The van der Waals surface area contributed by atoms with Gasteiger partial charge in [0.2, 0.25) is 0 Å². The van der Waals surface area contributed by atoms with Gasteiger partial charge in [-0.1, -0.05) is 0 Å². The molecule has 1 rings (SSSR count). The summed E-state index contributed by atoms with van der Waals surface area (Å²) in [6.45, 7) is 0.0526. The summed E-state index contributed by atoms with van der Waals surface area (Å²) >= 11 is 2.86. The normalized spacial score (nSPS) is 10.1. The Morgan fingerprint density at radius 2 is 2.21 bits per heavy atom.